The van der Waals surface area contributed by atoms with Crippen LogP contribution < -0.4 is 14.2 Å². The zero-order chi connectivity index (χ0) is 21.3. The van der Waals surface area contributed by atoms with Crippen molar-refractivity contribution in [1.29, 1.82) is 0 Å². The molecule has 2 aromatic carbocycles. The van der Waals surface area contributed by atoms with Crippen LogP contribution in [0.1, 0.15) is 11.1 Å². The van der Waals surface area contributed by atoms with Gasteiger partial charge in [0.15, 0.2) is 11.5 Å². The summed E-state index contributed by atoms with van der Waals surface area (Å²) in [5, 5.41) is 8.55. The maximum absolute atomic E-state index is 10.5. The van der Waals surface area contributed by atoms with Crippen LogP contribution in [-0.4, -0.2) is 45.4 Å². The summed E-state index contributed by atoms with van der Waals surface area (Å²) in [7, 11) is 0.491. The summed E-state index contributed by atoms with van der Waals surface area (Å²) in [6, 6.07) is 9.32. The lowest BCUT2D eigenvalue weighted by Crippen LogP contribution is -1.96. The van der Waals surface area contributed by atoms with Gasteiger partial charge in [-0.25, -0.2) is 4.79 Å². The second kappa shape index (κ2) is 10.3. The lowest BCUT2D eigenvalue weighted by atomic mass is 10.1. The van der Waals surface area contributed by atoms with Crippen molar-refractivity contribution in [3.63, 3.8) is 0 Å². The molecule has 0 amide bonds. The van der Waals surface area contributed by atoms with E-state index in [0.29, 0.717) is 22.8 Å². The van der Waals surface area contributed by atoms with Crippen molar-refractivity contribution in [3.05, 3.63) is 53.6 Å². The van der Waals surface area contributed by atoms with Gasteiger partial charge in [0.2, 0.25) is 5.75 Å². The Morgan fingerprint density at radius 1 is 0.964 bits per heavy atom. The van der Waals surface area contributed by atoms with E-state index in [1.165, 1.54) is 39.5 Å². The van der Waals surface area contributed by atoms with Crippen LogP contribution in [0.5, 0.6) is 17.2 Å². The molecule has 2 rings (SSSR count). The second-order valence-electron chi connectivity index (χ2n) is 5.42. The summed E-state index contributed by atoms with van der Waals surface area (Å²) in [5.74, 6) is 0.426. The topological polar surface area (TPSA) is 119 Å². The number of benzene rings is 2. The van der Waals surface area contributed by atoms with Crippen molar-refractivity contribution in [2.75, 3.05) is 21.3 Å². The molecule has 0 aromatic heterocycles. The lowest BCUT2D eigenvalue weighted by molar-refractivity contribution is -0.131. The number of hydrogen-bond acceptors (Lipinski definition) is 6. The van der Waals surface area contributed by atoms with Crippen LogP contribution in [0.2, 0.25) is 0 Å². The third-order valence-corrected chi connectivity index (χ3v) is 4.29. The first-order chi connectivity index (χ1) is 13.1. The van der Waals surface area contributed by atoms with Gasteiger partial charge in [0.25, 0.3) is 10.1 Å². The Kier molecular flexibility index (Phi) is 8.49. The molecule has 0 atom stereocenters. The number of hydrogen-bond donors (Lipinski definition) is 2. The molecule has 152 valence electrons. The van der Waals surface area contributed by atoms with E-state index in [9.17, 15) is 13.2 Å². The molecule has 0 radical (unpaired) electrons. The lowest BCUT2D eigenvalue weighted by Gasteiger charge is -2.12. The van der Waals surface area contributed by atoms with Crippen LogP contribution >= 0.6 is 0 Å². The molecule has 0 bridgehead atoms. The molecular weight excluding hydrogens is 388 g/mol. The van der Waals surface area contributed by atoms with E-state index in [-0.39, 0.29) is 4.90 Å². The van der Waals surface area contributed by atoms with Gasteiger partial charge >= 0.3 is 5.97 Å². The molecular formula is C19H22O8S. The van der Waals surface area contributed by atoms with Crippen molar-refractivity contribution < 1.29 is 37.1 Å². The Balaban J connectivity index is 0.000000307. The Labute approximate surface area is 163 Å². The highest BCUT2D eigenvalue weighted by Gasteiger charge is 2.12. The summed E-state index contributed by atoms with van der Waals surface area (Å²) in [5.41, 5.74) is 1.61. The predicted octanol–water partition coefficient (Wildman–Crippen LogP) is 3.05. The number of aliphatic carboxylic acids is 1. The highest BCUT2D eigenvalue weighted by Crippen LogP contribution is 2.38. The monoisotopic (exact) mass is 410 g/mol. The zero-order valence-corrected chi connectivity index (χ0v) is 16.7. The molecule has 28 heavy (non-hydrogen) atoms. The molecule has 2 aromatic rings. The quantitative estimate of drug-likeness (QED) is 0.551. The van der Waals surface area contributed by atoms with E-state index in [1.54, 1.807) is 24.3 Å². The Morgan fingerprint density at radius 3 is 1.82 bits per heavy atom. The summed E-state index contributed by atoms with van der Waals surface area (Å²) in [6.07, 6.45) is 2.49. The third kappa shape index (κ3) is 6.93. The number of carboxylic acid groups (broad SMARTS) is 1. The van der Waals surface area contributed by atoms with Gasteiger partial charge in [-0.15, -0.1) is 0 Å². The minimum absolute atomic E-state index is 0.0666. The van der Waals surface area contributed by atoms with E-state index in [2.05, 4.69) is 0 Å². The molecule has 8 nitrogen and oxygen atoms in total. The van der Waals surface area contributed by atoms with E-state index >= 15 is 0 Å². The molecule has 0 fully saturated rings. The van der Waals surface area contributed by atoms with Crippen LogP contribution in [0.15, 0.2) is 47.4 Å². The van der Waals surface area contributed by atoms with Crippen LogP contribution in [0, 0.1) is 6.92 Å². The van der Waals surface area contributed by atoms with Crippen LogP contribution in [0.4, 0.5) is 0 Å². The van der Waals surface area contributed by atoms with Crippen molar-refractivity contribution in [2.24, 2.45) is 0 Å². The fourth-order valence-corrected chi connectivity index (χ4v) is 2.56. The van der Waals surface area contributed by atoms with Gasteiger partial charge in [-0.05, 0) is 42.8 Å². The SMILES string of the molecule is COc1cc(C=CC(=O)O)cc(OC)c1OC.Cc1ccc(S(=O)(=O)O)cc1. The third-order valence-electron chi connectivity index (χ3n) is 3.42. The number of aryl methyl sites for hydroxylation is 1. The van der Waals surface area contributed by atoms with Crippen molar-refractivity contribution in [3.8, 4) is 17.2 Å². The number of ether oxygens (including phenoxy) is 3. The van der Waals surface area contributed by atoms with Crippen LogP contribution in [0.25, 0.3) is 6.08 Å². The highest BCUT2D eigenvalue weighted by molar-refractivity contribution is 7.85. The van der Waals surface area contributed by atoms with E-state index in [1.807, 2.05) is 6.92 Å². The number of carbonyl (C=O) groups is 1. The van der Waals surface area contributed by atoms with Crippen molar-refractivity contribution in [2.45, 2.75) is 11.8 Å². The molecule has 0 aliphatic heterocycles. The first kappa shape index (κ1) is 23.0. The standard InChI is InChI=1S/C12H14O5.C7H8O3S/c1-15-9-6-8(4-5-11(13)14)7-10(16-2)12(9)17-3;1-6-2-4-7(5-3-6)11(8,9)10/h4-7H,1-3H3,(H,13,14);2-5H,1H3,(H,8,9,10). The summed E-state index contributed by atoms with van der Waals surface area (Å²) in [6.45, 7) is 1.84. The average molecular weight is 410 g/mol. The molecule has 0 unspecified atom stereocenters. The summed E-state index contributed by atoms with van der Waals surface area (Å²) in [4.78, 5) is 10.4. The smallest absolute Gasteiger partial charge is 0.328 e. The average Bonchev–Trinajstić information content (AvgIpc) is 2.65. The van der Waals surface area contributed by atoms with E-state index in [4.69, 9.17) is 23.9 Å². The van der Waals surface area contributed by atoms with E-state index < -0.39 is 16.1 Å². The normalized spacial score (nSPS) is 10.8. The zero-order valence-electron chi connectivity index (χ0n) is 15.9. The first-order valence-corrected chi connectivity index (χ1v) is 9.31. The number of carboxylic acids is 1. The van der Waals surface area contributed by atoms with Crippen molar-refractivity contribution >= 4 is 22.2 Å². The Bertz CT molecular complexity index is 906. The maximum atomic E-state index is 10.5. The fourth-order valence-electron chi connectivity index (χ4n) is 2.08. The summed E-state index contributed by atoms with van der Waals surface area (Å²) >= 11 is 0. The Morgan fingerprint density at radius 2 is 1.46 bits per heavy atom. The number of methoxy groups -OCH3 is 3. The minimum atomic E-state index is -4.02. The van der Waals surface area contributed by atoms with Gasteiger partial charge < -0.3 is 19.3 Å². The molecule has 2 N–H and O–H groups in total. The molecule has 0 heterocycles. The van der Waals surface area contributed by atoms with Crippen LogP contribution in [0.3, 0.4) is 0 Å². The van der Waals surface area contributed by atoms with E-state index in [0.717, 1.165) is 11.6 Å². The molecule has 0 saturated heterocycles. The van der Waals surface area contributed by atoms with Gasteiger partial charge in [0.1, 0.15) is 0 Å². The maximum Gasteiger partial charge on any atom is 0.328 e. The largest absolute Gasteiger partial charge is 0.493 e. The van der Waals surface area contributed by atoms with Gasteiger partial charge in [0, 0.05) is 6.08 Å². The Hall–Kier alpha value is -3.04. The van der Waals surface area contributed by atoms with Gasteiger partial charge in [-0.1, -0.05) is 17.7 Å². The number of rotatable bonds is 6. The van der Waals surface area contributed by atoms with Crippen LogP contribution in [-0.2, 0) is 14.9 Å². The predicted molar refractivity (Wildman–Crippen MR) is 104 cm³/mol. The molecule has 0 aliphatic carbocycles. The van der Waals surface area contributed by atoms with Gasteiger partial charge in [-0.2, -0.15) is 8.42 Å². The highest BCUT2D eigenvalue weighted by atomic mass is 32.2. The molecule has 0 aliphatic rings. The van der Waals surface area contributed by atoms with Crippen molar-refractivity contribution in [1.82, 2.24) is 0 Å². The second-order valence-corrected chi connectivity index (χ2v) is 6.84. The molecule has 0 spiro atoms. The molecule has 0 saturated carbocycles. The first-order valence-electron chi connectivity index (χ1n) is 7.87. The summed E-state index contributed by atoms with van der Waals surface area (Å²) < 4.78 is 45.0. The molecule has 9 heteroatoms. The fraction of sp³-hybridized carbons (Fsp3) is 0.211. The minimum Gasteiger partial charge on any atom is -0.493 e. The van der Waals surface area contributed by atoms with Gasteiger partial charge in [0.05, 0.1) is 26.2 Å². The van der Waals surface area contributed by atoms with Gasteiger partial charge in [-0.3, -0.25) is 4.55 Å².